The minimum atomic E-state index is -0.501. The third kappa shape index (κ3) is 4.15. The van der Waals surface area contributed by atoms with E-state index in [4.69, 9.17) is 15.9 Å². The van der Waals surface area contributed by atoms with E-state index in [2.05, 4.69) is 16.2 Å². The van der Waals surface area contributed by atoms with Gasteiger partial charge in [-0.3, -0.25) is 9.59 Å². The molecule has 148 valence electrons. The van der Waals surface area contributed by atoms with Gasteiger partial charge in [-0.05, 0) is 30.3 Å². The zero-order valence-electron chi connectivity index (χ0n) is 16.2. The van der Waals surface area contributed by atoms with Gasteiger partial charge in [-0.15, -0.1) is 6.42 Å². The molecule has 2 amide bonds. The van der Waals surface area contributed by atoms with Gasteiger partial charge in [-0.2, -0.15) is 4.99 Å². The van der Waals surface area contributed by atoms with E-state index >= 15 is 0 Å². The number of carbonyl (C=O) groups excluding carboxylic acids is 2. The number of nitrogens with one attached hydrogen (secondary N) is 1. The fourth-order valence-corrected chi connectivity index (χ4v) is 3.96. The van der Waals surface area contributed by atoms with Crippen LogP contribution in [0.4, 0.5) is 5.69 Å². The normalized spacial score (nSPS) is 11.2. The van der Waals surface area contributed by atoms with Gasteiger partial charge in [0.25, 0.3) is 5.91 Å². The fourth-order valence-electron chi connectivity index (χ4n) is 2.89. The van der Waals surface area contributed by atoms with Crippen LogP contribution in [-0.4, -0.2) is 30.6 Å². The number of thiazole rings is 1. The van der Waals surface area contributed by atoms with Crippen molar-refractivity contribution in [3.8, 4) is 23.8 Å². The number of nitrogens with zero attached hydrogens (tertiary/aromatic N) is 2. The number of methoxy groups -OCH3 is 2. The first kappa shape index (κ1) is 20.2. The van der Waals surface area contributed by atoms with Gasteiger partial charge in [-0.25, -0.2) is 0 Å². The largest absolute Gasteiger partial charge is 0.496 e. The first-order valence-corrected chi connectivity index (χ1v) is 9.44. The van der Waals surface area contributed by atoms with E-state index in [-0.39, 0.29) is 18.0 Å². The second kappa shape index (κ2) is 8.63. The highest BCUT2D eigenvalue weighted by atomic mass is 32.1. The lowest BCUT2D eigenvalue weighted by molar-refractivity contribution is -0.114. The van der Waals surface area contributed by atoms with Gasteiger partial charge in [-0.1, -0.05) is 23.3 Å². The standard InChI is InChI=1S/C21H19N3O4S/c1-5-11-24-15-10-9-14(22-13(2)25)12-18(15)29-21(24)23-20(26)19-16(27-3)7-6-8-17(19)28-4/h1,6-10,12H,11H2,2-4H3,(H,22,25). The molecule has 3 rings (SSSR count). The van der Waals surface area contributed by atoms with E-state index in [0.717, 1.165) is 10.2 Å². The molecule has 0 saturated heterocycles. The minimum absolute atomic E-state index is 0.166. The number of ether oxygens (including phenoxy) is 2. The highest BCUT2D eigenvalue weighted by Gasteiger charge is 2.18. The molecule has 0 unspecified atom stereocenters. The van der Waals surface area contributed by atoms with Crippen LogP contribution in [-0.2, 0) is 11.3 Å². The maximum Gasteiger partial charge on any atom is 0.287 e. The number of rotatable bonds is 5. The molecule has 0 aliphatic rings. The molecule has 0 radical (unpaired) electrons. The predicted octanol–water partition coefficient (Wildman–Crippen LogP) is 3.05. The van der Waals surface area contributed by atoms with Gasteiger partial charge < -0.3 is 19.4 Å². The number of terminal acetylenes is 1. The number of carbonyl (C=O) groups is 2. The van der Waals surface area contributed by atoms with Crippen LogP contribution in [0.15, 0.2) is 41.4 Å². The molecular weight excluding hydrogens is 390 g/mol. The Morgan fingerprint density at radius 3 is 2.48 bits per heavy atom. The highest BCUT2D eigenvalue weighted by Crippen LogP contribution is 2.29. The van der Waals surface area contributed by atoms with Crippen LogP contribution in [0.25, 0.3) is 10.2 Å². The summed E-state index contributed by atoms with van der Waals surface area (Å²) in [5, 5.41) is 2.74. The fraction of sp³-hybridized carbons (Fsp3) is 0.190. The van der Waals surface area contributed by atoms with Gasteiger partial charge >= 0.3 is 0 Å². The molecule has 1 aromatic heterocycles. The molecule has 0 atom stereocenters. The van der Waals surface area contributed by atoms with Crippen molar-refractivity contribution in [3.05, 3.63) is 46.8 Å². The van der Waals surface area contributed by atoms with E-state index in [9.17, 15) is 9.59 Å². The number of benzene rings is 2. The summed E-state index contributed by atoms with van der Waals surface area (Å²) < 4.78 is 13.2. The van der Waals surface area contributed by atoms with E-state index in [1.54, 1.807) is 28.8 Å². The Kier molecular flexibility index (Phi) is 6.00. The Hall–Kier alpha value is -3.57. The van der Waals surface area contributed by atoms with E-state index in [1.807, 2.05) is 12.1 Å². The number of hydrogen-bond acceptors (Lipinski definition) is 5. The Bertz CT molecular complexity index is 1180. The van der Waals surface area contributed by atoms with Crippen molar-refractivity contribution in [3.63, 3.8) is 0 Å². The molecule has 0 fully saturated rings. The molecule has 7 nitrogen and oxygen atoms in total. The van der Waals surface area contributed by atoms with Crippen molar-refractivity contribution in [2.75, 3.05) is 19.5 Å². The Balaban J connectivity index is 2.17. The average molecular weight is 409 g/mol. The maximum absolute atomic E-state index is 13.0. The van der Waals surface area contributed by atoms with E-state index in [1.165, 1.54) is 32.5 Å². The van der Waals surface area contributed by atoms with Gasteiger partial charge in [0.2, 0.25) is 5.91 Å². The second-order valence-electron chi connectivity index (χ2n) is 5.99. The Morgan fingerprint density at radius 1 is 1.21 bits per heavy atom. The molecule has 0 bridgehead atoms. The molecule has 1 heterocycles. The predicted molar refractivity (Wildman–Crippen MR) is 112 cm³/mol. The Morgan fingerprint density at radius 2 is 1.90 bits per heavy atom. The molecule has 3 aromatic rings. The summed E-state index contributed by atoms with van der Waals surface area (Å²) in [4.78, 5) is 29.0. The van der Waals surface area contributed by atoms with Crippen LogP contribution >= 0.6 is 11.3 Å². The minimum Gasteiger partial charge on any atom is -0.496 e. The summed E-state index contributed by atoms with van der Waals surface area (Å²) in [7, 11) is 2.96. The lowest BCUT2D eigenvalue weighted by Gasteiger charge is -2.09. The van der Waals surface area contributed by atoms with Gasteiger partial charge in [0.15, 0.2) is 4.80 Å². The number of amides is 2. The molecule has 1 N–H and O–H groups in total. The first-order valence-electron chi connectivity index (χ1n) is 8.63. The molecule has 0 aliphatic carbocycles. The van der Waals surface area contributed by atoms with Crippen LogP contribution in [0.5, 0.6) is 11.5 Å². The van der Waals surface area contributed by atoms with Crippen molar-refractivity contribution < 1.29 is 19.1 Å². The zero-order chi connectivity index (χ0) is 21.0. The number of fused-ring (bicyclic) bond motifs is 1. The highest BCUT2D eigenvalue weighted by molar-refractivity contribution is 7.16. The van der Waals surface area contributed by atoms with E-state index in [0.29, 0.717) is 22.0 Å². The number of aromatic nitrogens is 1. The van der Waals surface area contributed by atoms with Crippen molar-refractivity contribution >= 4 is 39.1 Å². The summed E-state index contributed by atoms with van der Waals surface area (Å²) >= 11 is 1.30. The summed E-state index contributed by atoms with van der Waals surface area (Å²) in [6, 6.07) is 10.5. The molecule has 29 heavy (non-hydrogen) atoms. The summed E-state index contributed by atoms with van der Waals surface area (Å²) in [5.41, 5.74) is 1.71. The van der Waals surface area contributed by atoms with Crippen LogP contribution in [0, 0.1) is 12.3 Å². The quantitative estimate of drug-likeness (QED) is 0.657. The topological polar surface area (TPSA) is 81.9 Å². The van der Waals surface area contributed by atoms with Gasteiger partial charge in [0.05, 0.1) is 31.0 Å². The Labute approximate surface area is 171 Å². The molecular formula is C21H19N3O4S. The molecule has 0 aliphatic heterocycles. The van der Waals surface area contributed by atoms with Crippen LogP contribution in [0.3, 0.4) is 0 Å². The maximum atomic E-state index is 13.0. The molecule has 0 spiro atoms. The summed E-state index contributed by atoms with van der Waals surface area (Å²) in [6.07, 6.45) is 5.52. The number of anilines is 1. The molecule has 0 saturated carbocycles. The van der Waals surface area contributed by atoms with Crippen molar-refractivity contribution in [1.29, 1.82) is 0 Å². The lowest BCUT2D eigenvalue weighted by atomic mass is 10.1. The zero-order valence-corrected chi connectivity index (χ0v) is 17.0. The third-order valence-corrected chi connectivity index (χ3v) is 5.13. The first-order chi connectivity index (χ1) is 14.0. The van der Waals surface area contributed by atoms with Crippen LogP contribution in [0.2, 0.25) is 0 Å². The van der Waals surface area contributed by atoms with Crippen molar-refractivity contribution in [1.82, 2.24) is 4.57 Å². The third-order valence-electron chi connectivity index (χ3n) is 4.09. The van der Waals surface area contributed by atoms with Crippen molar-refractivity contribution in [2.24, 2.45) is 4.99 Å². The summed E-state index contributed by atoms with van der Waals surface area (Å²) in [6.45, 7) is 1.69. The SMILES string of the molecule is C#CCn1c(=NC(=O)c2c(OC)cccc2OC)sc2cc(NC(C)=O)ccc21. The van der Waals surface area contributed by atoms with Crippen molar-refractivity contribution in [2.45, 2.75) is 13.5 Å². The molecule has 2 aromatic carbocycles. The average Bonchev–Trinajstić information content (AvgIpc) is 3.03. The van der Waals surface area contributed by atoms with Crippen LogP contribution in [0.1, 0.15) is 17.3 Å². The summed E-state index contributed by atoms with van der Waals surface area (Å²) in [5.74, 6) is 2.66. The number of hydrogen-bond donors (Lipinski definition) is 1. The monoisotopic (exact) mass is 409 g/mol. The van der Waals surface area contributed by atoms with E-state index < -0.39 is 5.91 Å². The van der Waals surface area contributed by atoms with Gasteiger partial charge in [0, 0.05) is 12.6 Å². The van der Waals surface area contributed by atoms with Gasteiger partial charge in [0.1, 0.15) is 17.1 Å². The molecule has 8 heteroatoms. The lowest BCUT2D eigenvalue weighted by Crippen LogP contribution is -2.17. The smallest absolute Gasteiger partial charge is 0.287 e. The van der Waals surface area contributed by atoms with Crippen LogP contribution < -0.4 is 19.6 Å². The second-order valence-corrected chi connectivity index (χ2v) is 7.00.